The van der Waals surface area contributed by atoms with Crippen molar-refractivity contribution in [2.75, 3.05) is 29.6 Å². The Morgan fingerprint density at radius 2 is 1.64 bits per heavy atom. The summed E-state index contributed by atoms with van der Waals surface area (Å²) in [6, 6.07) is 20.8. The van der Waals surface area contributed by atoms with Gasteiger partial charge in [-0.25, -0.2) is 4.98 Å². The molecule has 0 atom stereocenters. The van der Waals surface area contributed by atoms with E-state index in [0.29, 0.717) is 22.8 Å². The van der Waals surface area contributed by atoms with Gasteiger partial charge in [-0.2, -0.15) is 4.98 Å². The molecule has 3 N–H and O–H groups in total. The second-order valence-electron chi connectivity index (χ2n) is 10.6. The highest BCUT2D eigenvalue weighted by molar-refractivity contribution is 6.06. The Morgan fingerprint density at radius 3 is 2.40 bits per heavy atom. The quantitative estimate of drug-likeness (QED) is 0.191. The highest BCUT2D eigenvalue weighted by Crippen LogP contribution is 2.26. The van der Waals surface area contributed by atoms with Gasteiger partial charge in [0.2, 0.25) is 11.9 Å². The van der Waals surface area contributed by atoms with Crippen molar-refractivity contribution in [2.24, 2.45) is 0 Å². The van der Waals surface area contributed by atoms with Gasteiger partial charge in [-0.05, 0) is 55.5 Å². The standard InChI is InChI=1S/C31H33N7O4/c1-37(2)29-26-12-5-6-13-27(26)35-31(36-29)34-22-16-14-21(15-17-22)32-28(39)18-20-8-3-4-11-25(20)30(40)33-23-9-7-10-24(19-23)38(41)42/h3-13,19,21-22H,14-18H2,1-2H3,(H,32,39)(H,33,40)(H,34,35,36). The van der Waals surface area contributed by atoms with Crippen LogP contribution in [-0.2, 0) is 11.2 Å². The van der Waals surface area contributed by atoms with E-state index in [2.05, 4.69) is 16.0 Å². The molecule has 4 aromatic rings. The molecule has 11 heteroatoms. The van der Waals surface area contributed by atoms with Crippen LogP contribution in [0.25, 0.3) is 10.9 Å². The van der Waals surface area contributed by atoms with E-state index in [9.17, 15) is 19.7 Å². The average Bonchev–Trinajstić information content (AvgIpc) is 2.98. The highest BCUT2D eigenvalue weighted by atomic mass is 16.6. The van der Waals surface area contributed by atoms with Crippen LogP contribution < -0.4 is 20.9 Å². The predicted molar refractivity (Wildman–Crippen MR) is 163 cm³/mol. The third-order valence-corrected chi connectivity index (χ3v) is 7.36. The third-order valence-electron chi connectivity index (χ3n) is 7.36. The Balaban J connectivity index is 1.16. The molecule has 1 saturated carbocycles. The maximum atomic E-state index is 13.0. The molecule has 216 valence electrons. The largest absolute Gasteiger partial charge is 0.362 e. The molecule has 1 fully saturated rings. The lowest BCUT2D eigenvalue weighted by Gasteiger charge is -2.30. The smallest absolute Gasteiger partial charge is 0.271 e. The minimum absolute atomic E-state index is 0.0382. The fourth-order valence-corrected chi connectivity index (χ4v) is 5.27. The zero-order valence-electron chi connectivity index (χ0n) is 23.5. The van der Waals surface area contributed by atoms with Crippen molar-refractivity contribution in [3.8, 4) is 0 Å². The van der Waals surface area contributed by atoms with Crippen molar-refractivity contribution in [1.29, 1.82) is 0 Å². The van der Waals surface area contributed by atoms with Gasteiger partial charge in [0, 0.05) is 54.9 Å². The van der Waals surface area contributed by atoms with Gasteiger partial charge in [-0.15, -0.1) is 0 Å². The number of nitrogens with one attached hydrogen (secondary N) is 3. The van der Waals surface area contributed by atoms with Gasteiger partial charge in [0.05, 0.1) is 16.9 Å². The van der Waals surface area contributed by atoms with Crippen molar-refractivity contribution in [1.82, 2.24) is 15.3 Å². The number of anilines is 3. The minimum Gasteiger partial charge on any atom is -0.362 e. The molecule has 1 aromatic heterocycles. The van der Waals surface area contributed by atoms with Crippen molar-refractivity contribution in [2.45, 2.75) is 44.2 Å². The number of carbonyl (C=O) groups excluding carboxylic acids is 2. The molecule has 3 aromatic carbocycles. The number of fused-ring (bicyclic) bond motifs is 1. The van der Waals surface area contributed by atoms with E-state index in [1.165, 1.54) is 18.2 Å². The van der Waals surface area contributed by atoms with Crippen molar-refractivity contribution < 1.29 is 14.5 Å². The van der Waals surface area contributed by atoms with Gasteiger partial charge in [-0.1, -0.05) is 36.4 Å². The van der Waals surface area contributed by atoms with E-state index in [0.717, 1.165) is 42.4 Å². The van der Waals surface area contributed by atoms with Crippen LogP contribution in [0.5, 0.6) is 0 Å². The number of hydrogen-bond acceptors (Lipinski definition) is 8. The molecule has 42 heavy (non-hydrogen) atoms. The van der Waals surface area contributed by atoms with Gasteiger partial charge in [-0.3, -0.25) is 19.7 Å². The molecule has 0 unspecified atom stereocenters. The molecule has 1 aliphatic carbocycles. The number of para-hydroxylation sites is 1. The summed E-state index contributed by atoms with van der Waals surface area (Å²) in [7, 11) is 3.93. The zero-order valence-corrected chi connectivity index (χ0v) is 23.5. The van der Waals surface area contributed by atoms with Crippen LogP contribution >= 0.6 is 0 Å². The average molecular weight is 568 g/mol. The third kappa shape index (κ3) is 6.80. The van der Waals surface area contributed by atoms with Crippen LogP contribution in [0.4, 0.5) is 23.1 Å². The van der Waals surface area contributed by atoms with Gasteiger partial charge in [0.25, 0.3) is 11.6 Å². The van der Waals surface area contributed by atoms with E-state index in [1.807, 2.05) is 43.3 Å². The maximum absolute atomic E-state index is 13.0. The van der Waals surface area contributed by atoms with Crippen molar-refractivity contribution >= 4 is 45.9 Å². The van der Waals surface area contributed by atoms with E-state index >= 15 is 0 Å². The number of hydrogen-bond donors (Lipinski definition) is 3. The monoisotopic (exact) mass is 567 g/mol. The number of non-ortho nitro benzene ring substituents is 1. The first-order valence-electron chi connectivity index (χ1n) is 13.9. The van der Waals surface area contributed by atoms with Crippen LogP contribution in [0.15, 0.2) is 72.8 Å². The van der Waals surface area contributed by atoms with Crippen LogP contribution in [0.3, 0.4) is 0 Å². The number of nitrogens with zero attached hydrogens (tertiary/aromatic N) is 4. The summed E-state index contributed by atoms with van der Waals surface area (Å²) in [5, 5.41) is 21.4. The Labute approximate surface area is 243 Å². The maximum Gasteiger partial charge on any atom is 0.271 e. The van der Waals surface area contributed by atoms with Crippen LogP contribution in [0, 0.1) is 10.1 Å². The second kappa shape index (κ2) is 12.6. The summed E-state index contributed by atoms with van der Waals surface area (Å²) in [5.74, 6) is 0.877. The molecule has 1 heterocycles. The molecular weight excluding hydrogens is 534 g/mol. The summed E-state index contributed by atoms with van der Waals surface area (Å²) in [5.41, 5.74) is 2.01. The number of amides is 2. The molecule has 0 bridgehead atoms. The number of nitro benzene ring substituents is 1. The molecule has 0 saturated heterocycles. The summed E-state index contributed by atoms with van der Waals surface area (Å²) in [6.07, 6.45) is 3.40. The van der Waals surface area contributed by atoms with E-state index in [4.69, 9.17) is 9.97 Å². The number of carbonyl (C=O) groups is 2. The van der Waals surface area contributed by atoms with Crippen molar-refractivity contribution in [3.63, 3.8) is 0 Å². The number of aromatic nitrogens is 2. The fourth-order valence-electron chi connectivity index (χ4n) is 5.27. The van der Waals surface area contributed by atoms with Gasteiger partial charge < -0.3 is 20.9 Å². The summed E-state index contributed by atoms with van der Waals surface area (Å²) in [4.78, 5) is 47.9. The first kappa shape index (κ1) is 28.5. The SMILES string of the molecule is CN(C)c1nc(NC2CCC(NC(=O)Cc3ccccc3C(=O)Nc3cccc([N+](=O)[O-])c3)CC2)nc2ccccc12. The Bertz CT molecular complexity index is 1620. The van der Waals surface area contributed by atoms with Gasteiger partial charge in [0.15, 0.2) is 0 Å². The summed E-state index contributed by atoms with van der Waals surface area (Å²) < 4.78 is 0. The molecule has 0 spiro atoms. The van der Waals surface area contributed by atoms with E-state index in [-0.39, 0.29) is 30.1 Å². The van der Waals surface area contributed by atoms with Crippen LogP contribution in [0.1, 0.15) is 41.6 Å². The predicted octanol–water partition coefficient (Wildman–Crippen LogP) is 4.94. The Hall–Kier alpha value is -5.06. The molecule has 0 radical (unpaired) electrons. The lowest BCUT2D eigenvalue weighted by atomic mass is 9.91. The number of rotatable bonds is 9. The molecule has 1 aliphatic rings. The summed E-state index contributed by atoms with van der Waals surface area (Å²) >= 11 is 0. The highest BCUT2D eigenvalue weighted by Gasteiger charge is 2.24. The molecule has 5 rings (SSSR count). The molecular formula is C31H33N7O4. The summed E-state index contributed by atoms with van der Waals surface area (Å²) in [6.45, 7) is 0. The Kier molecular flexibility index (Phi) is 8.56. The van der Waals surface area contributed by atoms with Gasteiger partial charge in [0.1, 0.15) is 5.82 Å². The second-order valence-corrected chi connectivity index (χ2v) is 10.6. The van der Waals surface area contributed by atoms with Crippen LogP contribution in [-0.4, -0.2) is 52.9 Å². The molecule has 2 amide bonds. The minimum atomic E-state index is -0.518. The lowest BCUT2D eigenvalue weighted by molar-refractivity contribution is -0.384. The van der Waals surface area contributed by atoms with E-state index in [1.54, 1.807) is 30.3 Å². The van der Waals surface area contributed by atoms with Crippen LogP contribution in [0.2, 0.25) is 0 Å². The number of benzene rings is 3. The van der Waals surface area contributed by atoms with Crippen molar-refractivity contribution in [3.05, 3.63) is 94.0 Å². The molecule has 0 aliphatic heterocycles. The fraction of sp³-hybridized carbons (Fsp3) is 0.290. The topological polar surface area (TPSA) is 142 Å². The van der Waals surface area contributed by atoms with Gasteiger partial charge >= 0.3 is 0 Å². The first-order valence-corrected chi connectivity index (χ1v) is 13.9. The Morgan fingerprint density at radius 1 is 0.929 bits per heavy atom. The normalized spacial score (nSPS) is 16.4. The first-order chi connectivity index (χ1) is 20.3. The number of nitro groups is 1. The molecule has 11 nitrogen and oxygen atoms in total. The zero-order chi connectivity index (χ0) is 29.6. The lowest BCUT2D eigenvalue weighted by Crippen LogP contribution is -2.41. The van der Waals surface area contributed by atoms with E-state index < -0.39 is 10.8 Å².